The summed E-state index contributed by atoms with van der Waals surface area (Å²) >= 11 is 1.80. The molecule has 6 nitrogen and oxygen atoms in total. The largest absolute Gasteiger partial charge is 0.449 e. The van der Waals surface area contributed by atoms with Crippen molar-refractivity contribution in [3.05, 3.63) is 0 Å². The summed E-state index contributed by atoms with van der Waals surface area (Å²) in [6.45, 7) is 15.3. The molecule has 0 unspecified atom stereocenters. The topological polar surface area (TPSA) is 48.1 Å². The summed E-state index contributed by atoms with van der Waals surface area (Å²) in [4.78, 5) is 17.3. The third-order valence-corrected chi connectivity index (χ3v) is 6.17. The first-order chi connectivity index (χ1) is 12.0. The zero-order valence-electron chi connectivity index (χ0n) is 16.4. The minimum Gasteiger partial charge on any atom is -0.449 e. The smallest absolute Gasteiger partial charge is 0.407 e. The van der Waals surface area contributed by atoms with Crippen molar-refractivity contribution in [1.29, 1.82) is 0 Å². The first-order valence-electron chi connectivity index (χ1n) is 9.65. The lowest BCUT2D eigenvalue weighted by molar-refractivity contribution is 0.0697. The first-order valence-corrected chi connectivity index (χ1v) is 10.8. The Morgan fingerprint density at radius 3 is 2.24 bits per heavy atom. The van der Waals surface area contributed by atoms with Crippen LogP contribution in [0.3, 0.4) is 0 Å². The van der Waals surface area contributed by atoms with Crippen LogP contribution in [0.4, 0.5) is 4.79 Å². The van der Waals surface area contributed by atoms with E-state index >= 15 is 0 Å². The summed E-state index contributed by atoms with van der Waals surface area (Å²) in [5.74, 6) is 0.363. The van der Waals surface area contributed by atoms with Crippen LogP contribution in [0.2, 0.25) is 0 Å². The Labute approximate surface area is 157 Å². The van der Waals surface area contributed by atoms with Gasteiger partial charge in [0.25, 0.3) is 0 Å². The second-order valence-corrected chi connectivity index (χ2v) is 8.60. The number of rotatable bonds is 7. The van der Waals surface area contributed by atoms with Crippen LogP contribution in [0, 0.1) is 5.92 Å². The number of likely N-dealkylation sites (N-methyl/N-ethyl adjacent to an activating group) is 1. The standard InChI is InChI=1S/C18H36N4O2S/c1-5-20-10-12-21(13-11-20)15-18(6-8-22(25-4)9-7-18)19-17(23)24-14-16(2)3/h16H,5-15H2,1-4H3,(H,19,23). The van der Waals surface area contributed by atoms with Gasteiger partial charge < -0.3 is 15.0 Å². The van der Waals surface area contributed by atoms with Gasteiger partial charge in [-0.15, -0.1) is 0 Å². The molecule has 2 fully saturated rings. The number of amides is 1. The molecule has 146 valence electrons. The summed E-state index contributed by atoms with van der Waals surface area (Å²) in [5, 5.41) is 3.25. The van der Waals surface area contributed by atoms with Crippen molar-refractivity contribution in [3.63, 3.8) is 0 Å². The number of hydrogen-bond acceptors (Lipinski definition) is 6. The summed E-state index contributed by atoms with van der Waals surface area (Å²) in [5.41, 5.74) is -0.158. The number of nitrogens with zero attached hydrogens (tertiary/aromatic N) is 3. The number of nitrogens with one attached hydrogen (secondary N) is 1. The number of alkyl carbamates (subject to hydrolysis) is 1. The predicted molar refractivity (Wildman–Crippen MR) is 105 cm³/mol. The van der Waals surface area contributed by atoms with Gasteiger partial charge in [-0.3, -0.25) is 9.21 Å². The van der Waals surface area contributed by atoms with Crippen molar-refractivity contribution in [2.75, 3.05) is 65.2 Å². The second kappa shape index (κ2) is 10.00. The fourth-order valence-corrected chi connectivity index (χ4v) is 4.15. The van der Waals surface area contributed by atoms with E-state index in [1.807, 2.05) is 0 Å². The minimum atomic E-state index is -0.251. The number of piperidine rings is 1. The van der Waals surface area contributed by atoms with Crippen LogP contribution in [0.15, 0.2) is 0 Å². The molecule has 1 N–H and O–H groups in total. The maximum Gasteiger partial charge on any atom is 0.407 e. The van der Waals surface area contributed by atoms with Crippen LogP contribution in [-0.4, -0.2) is 91.0 Å². The molecule has 0 atom stereocenters. The normalized spacial score (nSPS) is 22.9. The molecule has 2 rings (SSSR count). The molecule has 0 spiro atoms. The van der Waals surface area contributed by atoms with Gasteiger partial charge in [0.15, 0.2) is 0 Å². The number of carbonyl (C=O) groups is 1. The van der Waals surface area contributed by atoms with E-state index in [0.29, 0.717) is 12.5 Å². The van der Waals surface area contributed by atoms with E-state index in [1.165, 1.54) is 0 Å². The molecule has 0 radical (unpaired) electrons. The molecule has 0 aromatic heterocycles. The Bertz CT molecular complexity index is 406. The Morgan fingerprint density at radius 2 is 1.72 bits per heavy atom. The monoisotopic (exact) mass is 372 g/mol. The molecular formula is C18H36N4O2S. The van der Waals surface area contributed by atoms with Crippen molar-refractivity contribution in [2.24, 2.45) is 5.92 Å². The summed E-state index contributed by atoms with van der Waals surface area (Å²) in [6, 6.07) is 0. The molecular weight excluding hydrogens is 336 g/mol. The molecule has 2 aliphatic rings. The van der Waals surface area contributed by atoms with E-state index in [4.69, 9.17) is 4.74 Å². The molecule has 2 aliphatic heterocycles. The SMILES string of the molecule is CCN1CCN(CC2(NC(=O)OCC(C)C)CCN(SC)CC2)CC1. The summed E-state index contributed by atoms with van der Waals surface area (Å²) in [6.07, 6.45) is 3.84. The van der Waals surface area contributed by atoms with Gasteiger partial charge in [0, 0.05) is 45.8 Å². The van der Waals surface area contributed by atoms with Crippen molar-refractivity contribution in [2.45, 2.75) is 39.2 Å². The fourth-order valence-electron chi connectivity index (χ4n) is 3.61. The molecule has 2 heterocycles. The van der Waals surface area contributed by atoms with Crippen LogP contribution >= 0.6 is 11.9 Å². The average molecular weight is 373 g/mol. The van der Waals surface area contributed by atoms with Gasteiger partial charge in [-0.25, -0.2) is 4.79 Å². The molecule has 25 heavy (non-hydrogen) atoms. The lowest BCUT2D eigenvalue weighted by atomic mass is 9.87. The van der Waals surface area contributed by atoms with Crippen LogP contribution in [-0.2, 0) is 4.74 Å². The van der Waals surface area contributed by atoms with Gasteiger partial charge in [0.05, 0.1) is 12.1 Å². The highest BCUT2D eigenvalue weighted by atomic mass is 32.2. The zero-order chi connectivity index (χ0) is 18.3. The van der Waals surface area contributed by atoms with Crippen LogP contribution < -0.4 is 5.32 Å². The Hall–Kier alpha value is -0.500. The highest BCUT2D eigenvalue weighted by Gasteiger charge is 2.38. The van der Waals surface area contributed by atoms with Crippen molar-refractivity contribution in [3.8, 4) is 0 Å². The van der Waals surface area contributed by atoms with E-state index in [9.17, 15) is 4.79 Å². The number of piperazine rings is 1. The van der Waals surface area contributed by atoms with E-state index in [-0.39, 0.29) is 11.6 Å². The van der Waals surface area contributed by atoms with Crippen LogP contribution in [0.5, 0.6) is 0 Å². The summed E-state index contributed by atoms with van der Waals surface area (Å²) in [7, 11) is 0. The lowest BCUT2D eigenvalue weighted by Crippen LogP contribution is -2.62. The van der Waals surface area contributed by atoms with Crippen LogP contribution in [0.1, 0.15) is 33.6 Å². The van der Waals surface area contributed by atoms with E-state index in [2.05, 4.69) is 46.4 Å². The molecule has 0 saturated carbocycles. The molecule has 1 amide bonds. The molecule has 0 aliphatic carbocycles. The maximum atomic E-state index is 12.3. The zero-order valence-corrected chi connectivity index (χ0v) is 17.2. The number of hydrogen-bond donors (Lipinski definition) is 1. The Morgan fingerprint density at radius 1 is 1.12 bits per heavy atom. The van der Waals surface area contributed by atoms with E-state index in [1.54, 1.807) is 11.9 Å². The number of ether oxygens (including phenoxy) is 1. The summed E-state index contributed by atoms with van der Waals surface area (Å²) < 4.78 is 7.80. The quantitative estimate of drug-likeness (QED) is 0.691. The third-order valence-electron chi connectivity index (χ3n) is 5.29. The maximum absolute atomic E-state index is 12.3. The highest BCUT2D eigenvalue weighted by Crippen LogP contribution is 2.27. The molecule has 2 saturated heterocycles. The molecule has 0 aromatic rings. The van der Waals surface area contributed by atoms with Crippen LogP contribution in [0.25, 0.3) is 0 Å². The molecule has 0 aromatic carbocycles. The van der Waals surface area contributed by atoms with Gasteiger partial charge in [-0.1, -0.05) is 32.7 Å². The van der Waals surface area contributed by atoms with Gasteiger partial charge >= 0.3 is 6.09 Å². The van der Waals surface area contributed by atoms with Gasteiger partial charge in [0.1, 0.15) is 0 Å². The Kier molecular flexibility index (Phi) is 8.32. The van der Waals surface area contributed by atoms with E-state index < -0.39 is 0 Å². The predicted octanol–water partition coefficient (Wildman–Crippen LogP) is 2.12. The molecule has 7 heteroatoms. The third kappa shape index (κ3) is 6.62. The molecule has 0 bridgehead atoms. The average Bonchev–Trinajstić information content (AvgIpc) is 2.61. The fraction of sp³-hybridized carbons (Fsp3) is 0.944. The first kappa shape index (κ1) is 20.8. The number of carbonyl (C=O) groups excluding carboxylic acids is 1. The Balaban J connectivity index is 1.94. The van der Waals surface area contributed by atoms with Gasteiger partial charge in [-0.2, -0.15) is 0 Å². The van der Waals surface area contributed by atoms with Crippen molar-refractivity contribution >= 4 is 18.0 Å². The lowest BCUT2D eigenvalue weighted by Gasteiger charge is -2.45. The second-order valence-electron chi connectivity index (χ2n) is 7.72. The van der Waals surface area contributed by atoms with Crippen molar-refractivity contribution < 1.29 is 9.53 Å². The van der Waals surface area contributed by atoms with Gasteiger partial charge in [0.2, 0.25) is 0 Å². The highest BCUT2D eigenvalue weighted by molar-refractivity contribution is 7.96. The van der Waals surface area contributed by atoms with E-state index in [0.717, 1.165) is 65.2 Å². The van der Waals surface area contributed by atoms with Gasteiger partial charge in [-0.05, 0) is 31.6 Å². The van der Waals surface area contributed by atoms with Crippen molar-refractivity contribution in [1.82, 2.24) is 19.4 Å². The minimum absolute atomic E-state index is 0.158.